The van der Waals surface area contributed by atoms with Gasteiger partial charge >= 0.3 is 0 Å². The number of benzene rings is 2. The third-order valence-corrected chi connectivity index (χ3v) is 5.64. The Morgan fingerprint density at radius 1 is 1.00 bits per heavy atom. The van der Waals surface area contributed by atoms with Gasteiger partial charge in [0.15, 0.2) is 0 Å². The largest absolute Gasteiger partial charge is 0.256 e. The standard InChI is InChI=1S/C24H25NS/c1-5-19-9-12-22(13-10-19)26-18(4)21-11-14-23(20(6-2)16-21)24-17(3)8-7-15-25-24/h7-16H,4-6H2,1-3H3. The van der Waals surface area contributed by atoms with Gasteiger partial charge < -0.3 is 0 Å². The van der Waals surface area contributed by atoms with Crippen molar-refractivity contribution in [3.8, 4) is 11.3 Å². The van der Waals surface area contributed by atoms with E-state index in [4.69, 9.17) is 0 Å². The Balaban J connectivity index is 1.86. The van der Waals surface area contributed by atoms with E-state index in [9.17, 15) is 0 Å². The van der Waals surface area contributed by atoms with Crippen molar-refractivity contribution in [3.63, 3.8) is 0 Å². The number of aryl methyl sites for hydroxylation is 3. The highest BCUT2D eigenvalue weighted by Crippen LogP contribution is 2.35. The molecule has 132 valence electrons. The normalized spacial score (nSPS) is 10.7. The zero-order valence-corrected chi connectivity index (χ0v) is 16.6. The van der Waals surface area contributed by atoms with Crippen LogP contribution in [-0.4, -0.2) is 4.98 Å². The molecule has 0 amide bonds. The minimum absolute atomic E-state index is 0.975. The average Bonchev–Trinajstić information content (AvgIpc) is 2.68. The molecular formula is C24H25NS. The van der Waals surface area contributed by atoms with Crippen molar-refractivity contribution in [1.82, 2.24) is 4.98 Å². The lowest BCUT2D eigenvalue weighted by Crippen LogP contribution is -1.94. The van der Waals surface area contributed by atoms with Crippen LogP contribution in [0.15, 0.2) is 72.3 Å². The SMILES string of the molecule is C=C(Sc1ccc(CC)cc1)c1ccc(-c2ncccc2C)c(CC)c1. The molecule has 0 fully saturated rings. The monoisotopic (exact) mass is 359 g/mol. The van der Waals surface area contributed by atoms with E-state index in [0.717, 1.165) is 23.4 Å². The Labute approximate surface area is 161 Å². The maximum absolute atomic E-state index is 4.59. The number of nitrogens with zero attached hydrogens (tertiary/aromatic N) is 1. The average molecular weight is 360 g/mol. The summed E-state index contributed by atoms with van der Waals surface area (Å²) in [6.45, 7) is 10.8. The second kappa shape index (κ2) is 8.37. The molecule has 0 bridgehead atoms. The molecule has 1 heterocycles. The molecule has 3 aromatic rings. The first-order chi connectivity index (χ1) is 12.6. The number of hydrogen-bond donors (Lipinski definition) is 0. The van der Waals surface area contributed by atoms with E-state index in [-0.39, 0.29) is 0 Å². The van der Waals surface area contributed by atoms with Crippen LogP contribution in [0.3, 0.4) is 0 Å². The van der Waals surface area contributed by atoms with Gasteiger partial charge in [-0.05, 0) is 66.3 Å². The molecule has 0 spiro atoms. The molecule has 0 saturated carbocycles. The minimum Gasteiger partial charge on any atom is -0.256 e. The molecule has 0 N–H and O–H groups in total. The predicted octanol–water partition coefficient (Wildman–Crippen LogP) is 6.94. The molecule has 0 aliphatic rings. The third-order valence-electron chi connectivity index (χ3n) is 4.65. The van der Waals surface area contributed by atoms with E-state index in [0.29, 0.717) is 0 Å². The van der Waals surface area contributed by atoms with Crippen LogP contribution in [0.5, 0.6) is 0 Å². The van der Waals surface area contributed by atoms with Gasteiger partial charge in [-0.25, -0.2) is 0 Å². The maximum Gasteiger partial charge on any atom is 0.0733 e. The van der Waals surface area contributed by atoms with Gasteiger partial charge in [0.2, 0.25) is 0 Å². The van der Waals surface area contributed by atoms with Crippen LogP contribution in [-0.2, 0) is 12.8 Å². The third kappa shape index (κ3) is 4.08. The van der Waals surface area contributed by atoms with Gasteiger partial charge in [-0.1, -0.05) is 62.5 Å². The first-order valence-corrected chi connectivity index (χ1v) is 9.95. The summed E-state index contributed by atoms with van der Waals surface area (Å²) in [6.07, 6.45) is 3.91. The minimum atomic E-state index is 0.975. The van der Waals surface area contributed by atoms with E-state index in [1.54, 1.807) is 11.8 Å². The van der Waals surface area contributed by atoms with E-state index < -0.39 is 0 Å². The van der Waals surface area contributed by atoms with Gasteiger partial charge in [0.25, 0.3) is 0 Å². The summed E-state index contributed by atoms with van der Waals surface area (Å²) in [5, 5.41) is 0. The van der Waals surface area contributed by atoms with Gasteiger partial charge in [0, 0.05) is 21.6 Å². The van der Waals surface area contributed by atoms with Crippen molar-refractivity contribution in [2.45, 2.75) is 38.5 Å². The van der Waals surface area contributed by atoms with Crippen LogP contribution < -0.4 is 0 Å². The lowest BCUT2D eigenvalue weighted by molar-refractivity contribution is 1.13. The molecule has 1 aromatic heterocycles. The van der Waals surface area contributed by atoms with Crippen molar-refractivity contribution in [1.29, 1.82) is 0 Å². The van der Waals surface area contributed by atoms with Crippen LogP contribution in [0.2, 0.25) is 0 Å². The quantitative estimate of drug-likeness (QED) is 0.442. The summed E-state index contributed by atoms with van der Waals surface area (Å²) in [5.74, 6) is 0. The van der Waals surface area contributed by atoms with Crippen LogP contribution in [0.25, 0.3) is 16.2 Å². The second-order valence-electron chi connectivity index (χ2n) is 6.42. The molecule has 0 radical (unpaired) electrons. The van der Waals surface area contributed by atoms with Gasteiger partial charge in [-0.2, -0.15) is 0 Å². The molecule has 3 rings (SSSR count). The highest BCUT2D eigenvalue weighted by molar-refractivity contribution is 8.08. The topological polar surface area (TPSA) is 12.9 Å². The molecule has 0 atom stereocenters. The molecular weight excluding hydrogens is 334 g/mol. The van der Waals surface area contributed by atoms with Crippen LogP contribution in [0.1, 0.15) is 36.1 Å². The molecule has 0 aliphatic heterocycles. The summed E-state index contributed by atoms with van der Waals surface area (Å²) >= 11 is 1.73. The summed E-state index contributed by atoms with van der Waals surface area (Å²) in [6, 6.07) is 19.5. The number of aromatic nitrogens is 1. The zero-order chi connectivity index (χ0) is 18.5. The van der Waals surface area contributed by atoms with Crippen molar-refractivity contribution in [3.05, 3.63) is 89.6 Å². The zero-order valence-electron chi connectivity index (χ0n) is 15.8. The fourth-order valence-corrected chi connectivity index (χ4v) is 3.85. The van der Waals surface area contributed by atoms with Crippen LogP contribution in [0.4, 0.5) is 0 Å². The summed E-state index contributed by atoms with van der Waals surface area (Å²) < 4.78 is 0. The van der Waals surface area contributed by atoms with Gasteiger partial charge in [0.1, 0.15) is 0 Å². The Morgan fingerprint density at radius 3 is 2.42 bits per heavy atom. The molecule has 0 aliphatic carbocycles. The Hall–Kier alpha value is -2.32. The van der Waals surface area contributed by atoms with Crippen molar-refractivity contribution < 1.29 is 0 Å². The number of hydrogen-bond acceptors (Lipinski definition) is 2. The number of thioether (sulfide) groups is 1. The van der Waals surface area contributed by atoms with Crippen molar-refractivity contribution in [2.75, 3.05) is 0 Å². The Morgan fingerprint density at radius 2 is 1.77 bits per heavy atom. The molecule has 0 unspecified atom stereocenters. The molecule has 0 saturated heterocycles. The van der Waals surface area contributed by atoms with Gasteiger partial charge in [0.05, 0.1) is 5.69 Å². The van der Waals surface area contributed by atoms with Gasteiger partial charge in [-0.15, -0.1) is 0 Å². The van der Waals surface area contributed by atoms with Crippen LogP contribution >= 0.6 is 11.8 Å². The fourth-order valence-electron chi connectivity index (χ4n) is 3.05. The summed E-state index contributed by atoms with van der Waals surface area (Å²) in [7, 11) is 0. The van der Waals surface area contributed by atoms with E-state index >= 15 is 0 Å². The van der Waals surface area contributed by atoms with Gasteiger partial charge in [-0.3, -0.25) is 4.98 Å². The first kappa shape index (κ1) is 18.5. The highest BCUT2D eigenvalue weighted by atomic mass is 32.2. The Kier molecular flexibility index (Phi) is 5.95. The predicted molar refractivity (Wildman–Crippen MR) is 114 cm³/mol. The molecule has 2 heteroatoms. The Bertz CT molecular complexity index is 910. The van der Waals surface area contributed by atoms with E-state index in [1.165, 1.54) is 32.7 Å². The first-order valence-electron chi connectivity index (χ1n) is 9.13. The molecule has 1 nitrogen and oxygen atoms in total. The number of pyridine rings is 1. The van der Waals surface area contributed by atoms with Crippen LogP contribution in [0, 0.1) is 6.92 Å². The van der Waals surface area contributed by atoms with E-state index in [2.05, 4.69) is 80.9 Å². The highest BCUT2D eigenvalue weighted by Gasteiger charge is 2.10. The number of rotatable bonds is 6. The summed E-state index contributed by atoms with van der Waals surface area (Å²) in [4.78, 5) is 6.90. The van der Waals surface area contributed by atoms with Crippen molar-refractivity contribution in [2.24, 2.45) is 0 Å². The summed E-state index contributed by atoms with van der Waals surface area (Å²) in [5.41, 5.74) is 7.36. The lowest BCUT2D eigenvalue weighted by Gasteiger charge is -2.13. The van der Waals surface area contributed by atoms with Crippen molar-refractivity contribution >= 4 is 16.7 Å². The maximum atomic E-state index is 4.59. The molecule has 2 aromatic carbocycles. The molecule has 26 heavy (non-hydrogen) atoms. The van der Waals surface area contributed by atoms with E-state index in [1.807, 2.05) is 12.3 Å². The lowest BCUT2D eigenvalue weighted by atomic mass is 9.97. The smallest absolute Gasteiger partial charge is 0.0733 e. The second-order valence-corrected chi connectivity index (χ2v) is 7.59. The fraction of sp³-hybridized carbons (Fsp3) is 0.208.